The molecule has 0 unspecified atom stereocenters. The third-order valence-electron chi connectivity index (χ3n) is 4.47. The first-order valence-corrected chi connectivity index (χ1v) is 8.46. The monoisotopic (exact) mass is 364 g/mol. The molecule has 0 saturated carbocycles. The summed E-state index contributed by atoms with van der Waals surface area (Å²) in [5.74, 6) is 1.44. The van der Waals surface area contributed by atoms with E-state index in [1.807, 2.05) is 13.0 Å². The van der Waals surface area contributed by atoms with Gasteiger partial charge in [0, 0.05) is 49.2 Å². The van der Waals surface area contributed by atoms with E-state index in [2.05, 4.69) is 5.16 Å². The maximum atomic E-state index is 12.9. The average molecular weight is 365 g/mol. The van der Waals surface area contributed by atoms with Crippen molar-refractivity contribution in [2.24, 2.45) is 5.92 Å². The van der Waals surface area contributed by atoms with E-state index in [-0.39, 0.29) is 17.9 Å². The summed E-state index contributed by atoms with van der Waals surface area (Å²) in [4.78, 5) is 14.6. The molecule has 1 amide bonds. The third-order valence-corrected chi connectivity index (χ3v) is 4.68. The number of methoxy groups -OCH3 is 2. The number of benzene rings is 1. The Morgan fingerprint density at radius 2 is 2.12 bits per heavy atom. The summed E-state index contributed by atoms with van der Waals surface area (Å²) in [7, 11) is 3.21. The highest BCUT2D eigenvalue weighted by molar-refractivity contribution is 6.31. The first kappa shape index (κ1) is 17.8. The molecule has 0 N–H and O–H groups in total. The lowest BCUT2D eigenvalue weighted by molar-refractivity contribution is 0.0672. The topological polar surface area (TPSA) is 64.8 Å². The SMILES string of the molecule is COc1cc(Cl)cc(C(=O)N2C[C@@H](Cc3cc(C)no3)[C@@H](OC)C2)c1. The number of carbonyl (C=O) groups excluding carboxylic acids is 1. The lowest BCUT2D eigenvalue weighted by atomic mass is 10.0. The van der Waals surface area contributed by atoms with E-state index in [1.54, 1.807) is 37.3 Å². The van der Waals surface area contributed by atoms with Crippen LogP contribution in [0.3, 0.4) is 0 Å². The van der Waals surface area contributed by atoms with Crippen molar-refractivity contribution in [3.05, 3.63) is 46.3 Å². The number of hydrogen-bond donors (Lipinski definition) is 0. The van der Waals surface area contributed by atoms with Crippen molar-refractivity contribution in [1.82, 2.24) is 10.1 Å². The molecule has 3 rings (SSSR count). The maximum Gasteiger partial charge on any atom is 0.254 e. The average Bonchev–Trinajstić information content (AvgIpc) is 3.19. The largest absolute Gasteiger partial charge is 0.497 e. The van der Waals surface area contributed by atoms with Gasteiger partial charge in [-0.3, -0.25) is 4.79 Å². The Hall–Kier alpha value is -2.05. The molecule has 1 fully saturated rings. The molecule has 1 saturated heterocycles. The number of nitrogens with zero attached hydrogens (tertiary/aromatic N) is 2. The molecule has 2 aromatic rings. The van der Waals surface area contributed by atoms with Gasteiger partial charge in [0.05, 0.1) is 18.9 Å². The highest BCUT2D eigenvalue weighted by Gasteiger charge is 2.36. The first-order valence-electron chi connectivity index (χ1n) is 8.09. The molecule has 2 heterocycles. The Labute approximate surface area is 151 Å². The summed E-state index contributed by atoms with van der Waals surface area (Å²) >= 11 is 6.08. The molecule has 0 radical (unpaired) electrons. The molecule has 1 aliphatic heterocycles. The summed E-state index contributed by atoms with van der Waals surface area (Å²) in [6, 6.07) is 6.94. The summed E-state index contributed by atoms with van der Waals surface area (Å²) < 4.78 is 16.1. The molecule has 0 bridgehead atoms. The normalized spacial score (nSPS) is 20.1. The van der Waals surface area contributed by atoms with E-state index in [4.69, 9.17) is 25.6 Å². The number of aromatic nitrogens is 1. The zero-order chi connectivity index (χ0) is 18.0. The van der Waals surface area contributed by atoms with Gasteiger partial charge in [-0.1, -0.05) is 16.8 Å². The zero-order valence-electron chi connectivity index (χ0n) is 14.5. The number of carbonyl (C=O) groups is 1. The van der Waals surface area contributed by atoms with Gasteiger partial charge < -0.3 is 18.9 Å². The van der Waals surface area contributed by atoms with E-state index >= 15 is 0 Å². The Morgan fingerprint density at radius 3 is 2.76 bits per heavy atom. The molecule has 1 aromatic carbocycles. The second-order valence-electron chi connectivity index (χ2n) is 6.26. The van der Waals surface area contributed by atoms with Gasteiger partial charge in [-0.2, -0.15) is 0 Å². The Balaban J connectivity index is 1.74. The van der Waals surface area contributed by atoms with Crippen molar-refractivity contribution in [2.45, 2.75) is 19.4 Å². The summed E-state index contributed by atoms with van der Waals surface area (Å²) in [6.07, 6.45) is 0.637. The molecule has 7 heteroatoms. The highest BCUT2D eigenvalue weighted by atomic mass is 35.5. The second kappa shape index (κ2) is 7.45. The number of hydrogen-bond acceptors (Lipinski definition) is 5. The summed E-state index contributed by atoms with van der Waals surface area (Å²) in [5, 5.41) is 4.39. The number of ether oxygens (including phenoxy) is 2. The van der Waals surface area contributed by atoms with Crippen molar-refractivity contribution in [1.29, 1.82) is 0 Å². The lowest BCUT2D eigenvalue weighted by Crippen LogP contribution is -2.29. The molecular weight excluding hydrogens is 344 g/mol. The maximum absolute atomic E-state index is 12.9. The van der Waals surface area contributed by atoms with Crippen molar-refractivity contribution in [2.75, 3.05) is 27.3 Å². The van der Waals surface area contributed by atoms with Crippen LogP contribution in [0, 0.1) is 12.8 Å². The van der Waals surface area contributed by atoms with E-state index in [0.29, 0.717) is 35.8 Å². The fourth-order valence-corrected chi connectivity index (χ4v) is 3.45. The van der Waals surface area contributed by atoms with E-state index < -0.39 is 0 Å². The van der Waals surface area contributed by atoms with Crippen LogP contribution >= 0.6 is 11.6 Å². The van der Waals surface area contributed by atoms with Crippen molar-refractivity contribution >= 4 is 17.5 Å². The van der Waals surface area contributed by atoms with Crippen LogP contribution in [0.5, 0.6) is 5.75 Å². The highest BCUT2D eigenvalue weighted by Crippen LogP contribution is 2.27. The van der Waals surface area contributed by atoms with Gasteiger partial charge in [0.25, 0.3) is 5.91 Å². The molecule has 25 heavy (non-hydrogen) atoms. The second-order valence-corrected chi connectivity index (χ2v) is 6.70. The minimum absolute atomic E-state index is 0.0459. The molecule has 134 valence electrons. The molecular formula is C18H21ClN2O4. The third kappa shape index (κ3) is 3.96. The van der Waals surface area contributed by atoms with Gasteiger partial charge in [-0.25, -0.2) is 0 Å². The van der Waals surface area contributed by atoms with Gasteiger partial charge in [-0.15, -0.1) is 0 Å². The van der Waals surface area contributed by atoms with E-state index in [0.717, 1.165) is 11.5 Å². The van der Waals surface area contributed by atoms with Gasteiger partial charge in [0.15, 0.2) is 0 Å². The lowest BCUT2D eigenvalue weighted by Gasteiger charge is -2.16. The minimum atomic E-state index is -0.0842. The molecule has 0 aliphatic carbocycles. The van der Waals surface area contributed by atoms with Crippen molar-refractivity contribution in [3.63, 3.8) is 0 Å². The molecule has 0 spiro atoms. The predicted octanol–water partition coefficient (Wildman–Crippen LogP) is 2.97. The van der Waals surface area contributed by atoms with Gasteiger partial charge >= 0.3 is 0 Å². The number of amides is 1. The standard InChI is InChI=1S/C18H21ClN2O4/c1-11-4-16(25-20-11)7-13-9-21(10-17(13)24-3)18(22)12-5-14(19)8-15(6-12)23-2/h4-6,8,13,17H,7,9-10H2,1-3H3/t13-,17+/m1/s1. The predicted molar refractivity (Wildman–Crippen MR) is 93.1 cm³/mol. The number of aryl methyl sites for hydroxylation is 1. The van der Waals surface area contributed by atoms with Crippen LogP contribution in [0.25, 0.3) is 0 Å². The van der Waals surface area contributed by atoms with Gasteiger partial charge in [0.1, 0.15) is 11.5 Å². The van der Waals surface area contributed by atoms with Crippen molar-refractivity contribution < 1.29 is 18.8 Å². The molecule has 1 aliphatic rings. The van der Waals surface area contributed by atoms with Crippen LogP contribution in [0.15, 0.2) is 28.8 Å². The summed E-state index contributed by atoms with van der Waals surface area (Å²) in [5.41, 5.74) is 1.36. The first-order chi connectivity index (χ1) is 12.0. The summed E-state index contributed by atoms with van der Waals surface area (Å²) in [6.45, 7) is 3.01. The quantitative estimate of drug-likeness (QED) is 0.816. The molecule has 1 aromatic heterocycles. The zero-order valence-corrected chi connectivity index (χ0v) is 15.2. The van der Waals surface area contributed by atoms with Crippen LogP contribution in [-0.2, 0) is 11.2 Å². The number of likely N-dealkylation sites (tertiary alicyclic amines) is 1. The van der Waals surface area contributed by atoms with Crippen LogP contribution in [-0.4, -0.2) is 49.4 Å². The van der Waals surface area contributed by atoms with E-state index in [9.17, 15) is 4.79 Å². The fraction of sp³-hybridized carbons (Fsp3) is 0.444. The molecule has 6 nitrogen and oxygen atoms in total. The fourth-order valence-electron chi connectivity index (χ4n) is 3.23. The smallest absolute Gasteiger partial charge is 0.254 e. The van der Waals surface area contributed by atoms with Crippen LogP contribution in [0.4, 0.5) is 0 Å². The van der Waals surface area contributed by atoms with Crippen LogP contribution < -0.4 is 4.74 Å². The Bertz CT molecular complexity index is 761. The Morgan fingerprint density at radius 1 is 1.32 bits per heavy atom. The van der Waals surface area contributed by atoms with Gasteiger partial charge in [0.2, 0.25) is 0 Å². The number of halogens is 1. The number of rotatable bonds is 5. The van der Waals surface area contributed by atoms with E-state index in [1.165, 1.54) is 0 Å². The Kier molecular flexibility index (Phi) is 5.30. The van der Waals surface area contributed by atoms with Crippen molar-refractivity contribution in [3.8, 4) is 5.75 Å². The minimum Gasteiger partial charge on any atom is -0.497 e. The van der Waals surface area contributed by atoms with Gasteiger partial charge in [-0.05, 0) is 25.1 Å². The van der Waals surface area contributed by atoms with Crippen LogP contribution in [0.1, 0.15) is 21.8 Å². The van der Waals surface area contributed by atoms with Crippen LogP contribution in [0.2, 0.25) is 5.02 Å². The molecule has 2 atom stereocenters.